The summed E-state index contributed by atoms with van der Waals surface area (Å²) in [5.74, 6) is -1.08. The van der Waals surface area contributed by atoms with Crippen LogP contribution in [0, 0.1) is 0 Å². The van der Waals surface area contributed by atoms with E-state index in [2.05, 4.69) is 4.72 Å². The minimum absolute atomic E-state index is 0.102. The van der Waals surface area contributed by atoms with Crippen molar-refractivity contribution in [2.45, 2.75) is 49.0 Å². The van der Waals surface area contributed by atoms with E-state index in [1.165, 1.54) is 12.3 Å². The summed E-state index contributed by atoms with van der Waals surface area (Å²) in [5.41, 5.74) is -1.37. The normalized spacial score (nSPS) is 19.4. The summed E-state index contributed by atoms with van der Waals surface area (Å²) in [4.78, 5) is 11.7. The minimum atomic E-state index is -3.81. The number of carboxylic acids is 1. The third kappa shape index (κ3) is 3.04. The van der Waals surface area contributed by atoms with Crippen LogP contribution in [0.1, 0.15) is 38.5 Å². The molecule has 0 radical (unpaired) electrons. The predicted molar refractivity (Wildman–Crippen MR) is 73.8 cm³/mol. The Morgan fingerprint density at radius 2 is 1.90 bits per heavy atom. The van der Waals surface area contributed by atoms with Crippen LogP contribution in [0.4, 0.5) is 0 Å². The summed E-state index contributed by atoms with van der Waals surface area (Å²) < 4.78 is 28.8. The van der Waals surface area contributed by atoms with Crippen LogP contribution >= 0.6 is 0 Å². The first-order chi connectivity index (χ1) is 9.36. The molecular weight excluding hydrogens is 280 g/mol. The van der Waals surface area contributed by atoms with Crippen LogP contribution < -0.4 is 4.72 Å². The van der Waals surface area contributed by atoms with Gasteiger partial charge in [-0.3, -0.25) is 4.79 Å². The number of aromatic nitrogens is 1. The number of aliphatic carboxylic acids is 1. The molecule has 1 saturated carbocycles. The lowest BCUT2D eigenvalue weighted by molar-refractivity contribution is -0.144. The summed E-state index contributed by atoms with van der Waals surface area (Å²) in [5, 5.41) is 9.50. The molecule has 112 valence electrons. The average Bonchev–Trinajstić information content (AvgIpc) is 2.67. The Labute approximate surface area is 118 Å². The number of rotatable bonds is 4. The van der Waals surface area contributed by atoms with E-state index in [1.807, 2.05) is 0 Å². The van der Waals surface area contributed by atoms with Crippen molar-refractivity contribution in [2.24, 2.45) is 7.05 Å². The molecule has 20 heavy (non-hydrogen) atoms. The van der Waals surface area contributed by atoms with Gasteiger partial charge in [-0.15, -0.1) is 0 Å². The van der Waals surface area contributed by atoms with Crippen molar-refractivity contribution < 1.29 is 18.3 Å². The summed E-state index contributed by atoms with van der Waals surface area (Å²) >= 11 is 0. The van der Waals surface area contributed by atoms with Crippen molar-refractivity contribution in [3.63, 3.8) is 0 Å². The molecule has 7 heteroatoms. The molecule has 0 spiro atoms. The highest BCUT2D eigenvalue weighted by Gasteiger charge is 2.42. The van der Waals surface area contributed by atoms with E-state index in [9.17, 15) is 18.3 Å². The molecule has 1 fully saturated rings. The lowest BCUT2D eigenvalue weighted by atomic mass is 9.92. The summed E-state index contributed by atoms with van der Waals surface area (Å²) in [7, 11) is -2.09. The lowest BCUT2D eigenvalue weighted by Crippen LogP contribution is -2.54. The largest absolute Gasteiger partial charge is 0.480 e. The molecule has 2 N–H and O–H groups in total. The zero-order chi connectivity index (χ0) is 14.8. The van der Waals surface area contributed by atoms with Crippen LogP contribution in [-0.2, 0) is 21.9 Å². The number of hydrogen-bond acceptors (Lipinski definition) is 3. The smallest absolute Gasteiger partial charge is 0.324 e. The Morgan fingerprint density at radius 1 is 1.30 bits per heavy atom. The second kappa shape index (κ2) is 5.57. The van der Waals surface area contributed by atoms with Crippen molar-refractivity contribution in [3.05, 3.63) is 18.5 Å². The van der Waals surface area contributed by atoms with Gasteiger partial charge in [0.25, 0.3) is 0 Å². The molecule has 1 heterocycles. The fourth-order valence-electron chi connectivity index (χ4n) is 2.64. The molecule has 0 amide bonds. The Bertz CT molecular complexity index is 583. The Kier molecular flexibility index (Phi) is 4.19. The maximum absolute atomic E-state index is 12.3. The lowest BCUT2D eigenvalue weighted by Gasteiger charge is -2.28. The van der Waals surface area contributed by atoms with Crippen LogP contribution in [0.2, 0.25) is 0 Å². The van der Waals surface area contributed by atoms with Gasteiger partial charge in [-0.2, -0.15) is 4.72 Å². The van der Waals surface area contributed by atoms with Gasteiger partial charge >= 0.3 is 5.97 Å². The van der Waals surface area contributed by atoms with Gasteiger partial charge in [-0.25, -0.2) is 8.42 Å². The van der Waals surface area contributed by atoms with Gasteiger partial charge in [-0.1, -0.05) is 25.7 Å². The topological polar surface area (TPSA) is 88.4 Å². The van der Waals surface area contributed by atoms with Crippen molar-refractivity contribution in [2.75, 3.05) is 0 Å². The summed E-state index contributed by atoms with van der Waals surface area (Å²) in [6, 6.07) is 1.47. The van der Waals surface area contributed by atoms with Gasteiger partial charge in [0, 0.05) is 19.4 Å². The molecule has 0 saturated heterocycles. The van der Waals surface area contributed by atoms with E-state index in [0.29, 0.717) is 12.8 Å². The minimum Gasteiger partial charge on any atom is -0.480 e. The number of nitrogens with one attached hydrogen (secondary N) is 1. The van der Waals surface area contributed by atoms with Gasteiger partial charge in [0.15, 0.2) is 0 Å². The van der Waals surface area contributed by atoms with Crippen molar-refractivity contribution in [1.29, 1.82) is 0 Å². The number of hydrogen-bond donors (Lipinski definition) is 2. The van der Waals surface area contributed by atoms with Crippen LogP contribution in [0.3, 0.4) is 0 Å². The molecule has 0 unspecified atom stereocenters. The molecule has 1 aromatic heterocycles. The van der Waals surface area contributed by atoms with Crippen molar-refractivity contribution >= 4 is 16.0 Å². The first kappa shape index (κ1) is 15.1. The number of carboxylic acid groups (broad SMARTS) is 1. The van der Waals surface area contributed by atoms with E-state index in [4.69, 9.17) is 0 Å². The van der Waals surface area contributed by atoms with Crippen LogP contribution in [0.25, 0.3) is 0 Å². The molecule has 1 aromatic rings. The third-order valence-corrected chi connectivity index (χ3v) is 5.33. The molecule has 1 aliphatic carbocycles. The monoisotopic (exact) mass is 300 g/mol. The van der Waals surface area contributed by atoms with Gasteiger partial charge < -0.3 is 9.67 Å². The van der Waals surface area contributed by atoms with E-state index >= 15 is 0 Å². The average molecular weight is 300 g/mol. The standard InChI is InChI=1S/C13H20N2O4S/c1-15-9-6-11(10-15)20(18,19)14-13(12(16)17)7-4-2-3-5-8-13/h6,9-10,14H,2-5,7-8H2,1H3,(H,16,17). The first-order valence-electron chi connectivity index (χ1n) is 6.75. The molecule has 0 aromatic carbocycles. The zero-order valence-corrected chi connectivity index (χ0v) is 12.3. The highest BCUT2D eigenvalue weighted by atomic mass is 32.2. The van der Waals surface area contributed by atoms with Crippen molar-refractivity contribution in [1.82, 2.24) is 9.29 Å². The maximum Gasteiger partial charge on any atom is 0.324 e. The van der Waals surface area contributed by atoms with Crippen LogP contribution in [0.5, 0.6) is 0 Å². The Morgan fingerprint density at radius 3 is 2.35 bits per heavy atom. The van der Waals surface area contributed by atoms with E-state index in [1.54, 1.807) is 17.8 Å². The highest BCUT2D eigenvalue weighted by molar-refractivity contribution is 7.89. The first-order valence-corrected chi connectivity index (χ1v) is 8.23. The quantitative estimate of drug-likeness (QED) is 0.824. The predicted octanol–water partition coefficient (Wildman–Crippen LogP) is 1.48. The third-order valence-electron chi connectivity index (χ3n) is 3.81. The van der Waals surface area contributed by atoms with E-state index < -0.39 is 21.5 Å². The van der Waals surface area contributed by atoms with E-state index in [0.717, 1.165) is 25.7 Å². The van der Waals surface area contributed by atoms with Crippen molar-refractivity contribution in [3.8, 4) is 0 Å². The molecule has 0 aliphatic heterocycles. The highest BCUT2D eigenvalue weighted by Crippen LogP contribution is 2.29. The molecular formula is C13H20N2O4S. The molecule has 1 aliphatic rings. The molecule has 0 atom stereocenters. The van der Waals surface area contributed by atoms with Gasteiger partial charge in [0.05, 0.1) is 4.90 Å². The number of nitrogens with zero attached hydrogens (tertiary/aromatic N) is 1. The second-order valence-electron chi connectivity index (χ2n) is 5.42. The Balaban J connectivity index is 2.30. The summed E-state index contributed by atoms with van der Waals surface area (Å²) in [6.45, 7) is 0. The Hall–Kier alpha value is -1.34. The second-order valence-corrected chi connectivity index (χ2v) is 7.10. The fourth-order valence-corrected chi connectivity index (χ4v) is 4.11. The van der Waals surface area contributed by atoms with Crippen LogP contribution in [0.15, 0.2) is 23.4 Å². The van der Waals surface area contributed by atoms with Gasteiger partial charge in [0.1, 0.15) is 5.54 Å². The number of carbonyl (C=O) groups is 1. The molecule has 2 rings (SSSR count). The summed E-state index contributed by atoms with van der Waals surface area (Å²) in [6.07, 6.45) is 7.11. The van der Waals surface area contributed by atoms with Gasteiger partial charge in [-0.05, 0) is 18.9 Å². The number of aryl methyl sites for hydroxylation is 1. The van der Waals surface area contributed by atoms with E-state index in [-0.39, 0.29) is 4.90 Å². The fraction of sp³-hybridized carbons (Fsp3) is 0.615. The number of sulfonamides is 1. The molecule has 6 nitrogen and oxygen atoms in total. The van der Waals surface area contributed by atoms with Gasteiger partial charge in [0.2, 0.25) is 10.0 Å². The molecule has 0 bridgehead atoms. The SMILES string of the molecule is Cn1ccc(S(=O)(=O)NC2(C(=O)O)CCCCCC2)c1. The van der Waals surface area contributed by atoms with Crippen LogP contribution in [-0.4, -0.2) is 29.6 Å². The maximum atomic E-state index is 12.3. The zero-order valence-electron chi connectivity index (χ0n) is 11.5.